The number of hydrogen-bond donors (Lipinski definition) is 1. The topological polar surface area (TPSA) is 37.3 Å². The molecular formula is C7H14O2S2. The van der Waals surface area contributed by atoms with E-state index in [-0.39, 0.29) is 5.92 Å². The van der Waals surface area contributed by atoms with Gasteiger partial charge in [0.1, 0.15) is 0 Å². The Bertz CT molecular complexity index is 117. The fourth-order valence-corrected chi connectivity index (χ4v) is 2.85. The predicted octanol–water partition coefficient (Wildman–Crippen LogP) is 2.50. The molecule has 0 heterocycles. The molecule has 0 aromatic heterocycles. The lowest BCUT2D eigenvalue weighted by atomic mass is 10.2. The summed E-state index contributed by atoms with van der Waals surface area (Å²) in [5.74, 6) is 0.899. The third-order valence-corrected chi connectivity index (χ3v) is 3.90. The van der Waals surface area contributed by atoms with Gasteiger partial charge in [0.25, 0.3) is 0 Å². The number of aliphatic carboxylic acids is 1. The Morgan fingerprint density at radius 3 is 2.64 bits per heavy atom. The van der Waals surface area contributed by atoms with Crippen molar-refractivity contribution in [3.8, 4) is 0 Å². The highest BCUT2D eigenvalue weighted by molar-refractivity contribution is 8.76. The van der Waals surface area contributed by atoms with Gasteiger partial charge >= 0.3 is 5.97 Å². The number of hydrogen-bond acceptors (Lipinski definition) is 3. The summed E-state index contributed by atoms with van der Waals surface area (Å²) in [6, 6.07) is 0. The number of carboxylic acid groups (broad SMARTS) is 1. The van der Waals surface area contributed by atoms with Crippen LogP contribution in [0.2, 0.25) is 0 Å². The van der Waals surface area contributed by atoms with Crippen LogP contribution in [0.5, 0.6) is 0 Å². The maximum Gasteiger partial charge on any atom is 0.307 e. The van der Waals surface area contributed by atoms with Gasteiger partial charge in [0.2, 0.25) is 0 Å². The first kappa shape index (κ1) is 11.2. The minimum absolute atomic E-state index is 0.218. The first-order valence-electron chi connectivity index (χ1n) is 3.65. The SMILES string of the molecule is CCCSSC[C@@H](C)C(=O)O. The fraction of sp³-hybridized carbons (Fsp3) is 0.857. The zero-order valence-corrected chi connectivity index (χ0v) is 8.50. The lowest BCUT2D eigenvalue weighted by Gasteiger charge is -2.03. The molecule has 1 atom stereocenters. The summed E-state index contributed by atoms with van der Waals surface area (Å²) < 4.78 is 0. The Labute approximate surface area is 75.5 Å². The summed E-state index contributed by atoms with van der Waals surface area (Å²) in [4.78, 5) is 10.3. The third kappa shape index (κ3) is 6.56. The highest BCUT2D eigenvalue weighted by Gasteiger charge is 2.09. The van der Waals surface area contributed by atoms with Gasteiger partial charge in [-0.3, -0.25) is 4.79 Å². The zero-order chi connectivity index (χ0) is 8.69. The molecule has 2 nitrogen and oxygen atoms in total. The van der Waals surface area contributed by atoms with E-state index in [4.69, 9.17) is 5.11 Å². The highest BCUT2D eigenvalue weighted by Crippen LogP contribution is 2.24. The largest absolute Gasteiger partial charge is 0.481 e. The summed E-state index contributed by atoms with van der Waals surface area (Å²) in [5.41, 5.74) is 0. The van der Waals surface area contributed by atoms with E-state index in [0.717, 1.165) is 12.2 Å². The van der Waals surface area contributed by atoms with Crippen LogP contribution in [0.15, 0.2) is 0 Å². The second-order valence-electron chi connectivity index (χ2n) is 2.35. The monoisotopic (exact) mass is 194 g/mol. The number of carbonyl (C=O) groups is 1. The molecule has 0 aromatic rings. The van der Waals surface area contributed by atoms with Crippen LogP contribution < -0.4 is 0 Å². The van der Waals surface area contributed by atoms with Gasteiger partial charge in [-0.25, -0.2) is 0 Å². The van der Waals surface area contributed by atoms with E-state index >= 15 is 0 Å². The van der Waals surface area contributed by atoms with Crippen LogP contribution in [0.25, 0.3) is 0 Å². The molecule has 0 aliphatic rings. The highest BCUT2D eigenvalue weighted by atomic mass is 33.1. The maximum absolute atomic E-state index is 10.3. The van der Waals surface area contributed by atoms with Crippen molar-refractivity contribution in [1.29, 1.82) is 0 Å². The third-order valence-electron chi connectivity index (χ3n) is 1.11. The van der Waals surface area contributed by atoms with Gasteiger partial charge in [-0.1, -0.05) is 35.4 Å². The quantitative estimate of drug-likeness (QED) is 0.521. The molecule has 11 heavy (non-hydrogen) atoms. The normalized spacial score (nSPS) is 12.9. The van der Waals surface area contributed by atoms with Crippen LogP contribution in [-0.4, -0.2) is 22.6 Å². The van der Waals surface area contributed by atoms with E-state index in [9.17, 15) is 4.79 Å². The van der Waals surface area contributed by atoms with Gasteiger partial charge < -0.3 is 5.11 Å². The van der Waals surface area contributed by atoms with E-state index in [1.807, 2.05) is 0 Å². The van der Waals surface area contributed by atoms with Gasteiger partial charge in [0, 0.05) is 11.5 Å². The molecule has 66 valence electrons. The molecule has 0 radical (unpaired) electrons. The summed E-state index contributed by atoms with van der Waals surface area (Å²) in [6.45, 7) is 3.86. The van der Waals surface area contributed by atoms with Crippen molar-refractivity contribution < 1.29 is 9.90 Å². The second-order valence-corrected chi connectivity index (χ2v) is 4.97. The minimum atomic E-state index is -0.699. The van der Waals surface area contributed by atoms with Crippen LogP contribution >= 0.6 is 21.6 Å². The van der Waals surface area contributed by atoms with Gasteiger partial charge in [-0.2, -0.15) is 0 Å². The van der Waals surface area contributed by atoms with E-state index in [1.54, 1.807) is 28.5 Å². The maximum atomic E-state index is 10.3. The lowest BCUT2D eigenvalue weighted by Crippen LogP contribution is -2.11. The van der Waals surface area contributed by atoms with Crippen molar-refractivity contribution in [3.63, 3.8) is 0 Å². The molecule has 0 amide bonds. The summed E-state index contributed by atoms with van der Waals surface area (Å²) in [7, 11) is 3.40. The number of rotatable bonds is 6. The Morgan fingerprint density at radius 2 is 2.18 bits per heavy atom. The van der Waals surface area contributed by atoms with Crippen LogP contribution in [0.3, 0.4) is 0 Å². The van der Waals surface area contributed by atoms with Crippen molar-refractivity contribution in [1.82, 2.24) is 0 Å². The molecule has 0 aliphatic carbocycles. The van der Waals surface area contributed by atoms with E-state index in [1.165, 1.54) is 0 Å². The van der Waals surface area contributed by atoms with Crippen LogP contribution in [0.1, 0.15) is 20.3 Å². The Balaban J connectivity index is 3.17. The second kappa shape index (κ2) is 6.85. The van der Waals surface area contributed by atoms with Gasteiger partial charge in [0.05, 0.1) is 5.92 Å². The zero-order valence-electron chi connectivity index (χ0n) is 6.87. The molecule has 0 saturated heterocycles. The van der Waals surface area contributed by atoms with Crippen molar-refractivity contribution in [2.24, 2.45) is 5.92 Å². The first-order valence-corrected chi connectivity index (χ1v) is 6.14. The Hall–Kier alpha value is 0.170. The molecule has 4 heteroatoms. The van der Waals surface area contributed by atoms with Crippen LogP contribution in [0, 0.1) is 5.92 Å². The Morgan fingerprint density at radius 1 is 1.55 bits per heavy atom. The summed E-state index contributed by atoms with van der Waals surface area (Å²) in [5, 5.41) is 8.52. The standard InChI is InChI=1S/C7H14O2S2/c1-3-4-10-11-5-6(2)7(8)9/h6H,3-5H2,1-2H3,(H,8,9)/t6-/m1/s1. The lowest BCUT2D eigenvalue weighted by molar-refractivity contribution is -0.140. The Kier molecular flexibility index (Phi) is 6.96. The fourth-order valence-electron chi connectivity index (χ4n) is 0.364. The molecule has 1 N–H and O–H groups in total. The van der Waals surface area contributed by atoms with Gasteiger partial charge in [-0.15, -0.1) is 0 Å². The molecular weight excluding hydrogens is 180 g/mol. The smallest absolute Gasteiger partial charge is 0.307 e. The molecule has 0 spiro atoms. The molecule has 0 saturated carbocycles. The van der Waals surface area contributed by atoms with Gasteiger partial charge in [-0.05, 0) is 6.42 Å². The van der Waals surface area contributed by atoms with Crippen LogP contribution in [-0.2, 0) is 4.79 Å². The average molecular weight is 194 g/mol. The van der Waals surface area contributed by atoms with Crippen molar-refractivity contribution in [2.45, 2.75) is 20.3 Å². The van der Waals surface area contributed by atoms with Gasteiger partial charge in [0.15, 0.2) is 0 Å². The summed E-state index contributed by atoms with van der Waals surface area (Å²) >= 11 is 0. The molecule has 0 aromatic carbocycles. The van der Waals surface area contributed by atoms with Crippen LogP contribution in [0.4, 0.5) is 0 Å². The van der Waals surface area contributed by atoms with E-state index in [2.05, 4.69) is 6.92 Å². The molecule has 0 bridgehead atoms. The average Bonchev–Trinajstić information content (AvgIpc) is 1.97. The predicted molar refractivity (Wildman–Crippen MR) is 52.0 cm³/mol. The molecule has 0 fully saturated rings. The molecule has 0 unspecified atom stereocenters. The van der Waals surface area contributed by atoms with Crippen molar-refractivity contribution >= 4 is 27.6 Å². The first-order chi connectivity index (χ1) is 5.18. The van der Waals surface area contributed by atoms with Crippen molar-refractivity contribution in [3.05, 3.63) is 0 Å². The summed E-state index contributed by atoms with van der Waals surface area (Å²) in [6.07, 6.45) is 1.15. The molecule has 0 rings (SSSR count). The number of carboxylic acids is 1. The van der Waals surface area contributed by atoms with Crippen molar-refractivity contribution in [2.75, 3.05) is 11.5 Å². The molecule has 0 aliphatic heterocycles. The van der Waals surface area contributed by atoms with E-state index in [0.29, 0.717) is 5.75 Å². The van der Waals surface area contributed by atoms with E-state index < -0.39 is 5.97 Å². The minimum Gasteiger partial charge on any atom is -0.481 e.